The summed E-state index contributed by atoms with van der Waals surface area (Å²) in [6, 6.07) is 6.97. The van der Waals surface area contributed by atoms with Gasteiger partial charge in [-0.3, -0.25) is 0 Å². The summed E-state index contributed by atoms with van der Waals surface area (Å²) in [5.41, 5.74) is 8.72. The summed E-state index contributed by atoms with van der Waals surface area (Å²) in [6.07, 6.45) is 0. The van der Waals surface area contributed by atoms with Crippen molar-refractivity contribution in [3.63, 3.8) is 0 Å². The van der Waals surface area contributed by atoms with Crippen LogP contribution in [0.15, 0.2) is 29.4 Å². The van der Waals surface area contributed by atoms with E-state index < -0.39 is 0 Å². The quantitative estimate of drug-likeness (QED) is 0.383. The lowest BCUT2D eigenvalue weighted by Crippen LogP contribution is -1.89. The van der Waals surface area contributed by atoms with Crippen LogP contribution in [0.3, 0.4) is 0 Å². The van der Waals surface area contributed by atoms with Crippen molar-refractivity contribution >= 4 is 5.69 Å². The Hall–Kier alpha value is -1.67. The van der Waals surface area contributed by atoms with E-state index in [-0.39, 0.29) is 0 Å². The third-order valence-corrected chi connectivity index (χ3v) is 1.31. The predicted molar refractivity (Wildman–Crippen MR) is 46.4 cm³/mol. The summed E-state index contributed by atoms with van der Waals surface area (Å²) in [5, 5.41) is 3.43. The van der Waals surface area contributed by atoms with Crippen LogP contribution >= 0.6 is 0 Å². The molecule has 0 spiro atoms. The zero-order chi connectivity index (χ0) is 8.81. The lowest BCUT2D eigenvalue weighted by Gasteiger charge is -2.01. The van der Waals surface area contributed by atoms with Crippen molar-refractivity contribution in [2.24, 2.45) is 5.11 Å². The summed E-state index contributed by atoms with van der Waals surface area (Å²) in [6.45, 7) is 2.56. The Morgan fingerprint density at radius 2 is 2.08 bits per heavy atom. The largest absolute Gasteiger partial charge is 0.494 e. The second kappa shape index (κ2) is 4.26. The molecule has 0 heterocycles. The first kappa shape index (κ1) is 8.43. The fourth-order valence-corrected chi connectivity index (χ4v) is 0.827. The summed E-state index contributed by atoms with van der Waals surface area (Å²) < 4.78 is 5.20. The van der Waals surface area contributed by atoms with Gasteiger partial charge in [0, 0.05) is 10.6 Å². The molecule has 0 fully saturated rings. The number of rotatable bonds is 3. The van der Waals surface area contributed by atoms with E-state index in [0.717, 1.165) is 5.75 Å². The van der Waals surface area contributed by atoms with Crippen molar-refractivity contribution in [1.82, 2.24) is 0 Å². The molecule has 0 unspecified atom stereocenters. The lowest BCUT2D eigenvalue weighted by molar-refractivity contribution is 0.340. The Balaban J connectivity index is 2.77. The van der Waals surface area contributed by atoms with Crippen LogP contribution in [-0.2, 0) is 0 Å². The summed E-state index contributed by atoms with van der Waals surface area (Å²) >= 11 is 0. The van der Waals surface area contributed by atoms with Gasteiger partial charge in [0.05, 0.1) is 6.61 Å². The molecule has 0 atom stereocenters. The molecule has 4 heteroatoms. The molecule has 0 aliphatic rings. The zero-order valence-electron chi connectivity index (χ0n) is 6.77. The molecule has 1 aromatic rings. The van der Waals surface area contributed by atoms with Crippen LogP contribution < -0.4 is 4.74 Å². The number of ether oxygens (including phenoxy) is 1. The fraction of sp³-hybridized carbons (Fsp3) is 0.250. The van der Waals surface area contributed by atoms with Gasteiger partial charge in [-0.2, -0.15) is 0 Å². The van der Waals surface area contributed by atoms with E-state index in [0.29, 0.717) is 12.3 Å². The molecule has 0 aliphatic heterocycles. The van der Waals surface area contributed by atoms with E-state index in [1.165, 1.54) is 0 Å². The van der Waals surface area contributed by atoms with Crippen LogP contribution in [-0.4, -0.2) is 6.61 Å². The summed E-state index contributed by atoms with van der Waals surface area (Å²) in [4.78, 5) is 2.67. The van der Waals surface area contributed by atoms with Gasteiger partial charge >= 0.3 is 0 Å². The second-order valence-corrected chi connectivity index (χ2v) is 2.12. The molecule has 0 aliphatic carbocycles. The van der Waals surface area contributed by atoms with Crippen molar-refractivity contribution in [1.29, 1.82) is 0 Å². The van der Waals surface area contributed by atoms with Crippen LogP contribution in [0.1, 0.15) is 6.92 Å². The van der Waals surface area contributed by atoms with E-state index in [2.05, 4.69) is 10.0 Å². The van der Waals surface area contributed by atoms with Crippen molar-refractivity contribution in [2.45, 2.75) is 6.92 Å². The number of azide groups is 1. The molecular weight excluding hydrogens is 154 g/mol. The normalized spacial score (nSPS) is 8.75. The first-order valence-electron chi connectivity index (χ1n) is 3.64. The lowest BCUT2D eigenvalue weighted by atomic mass is 10.3. The average molecular weight is 163 g/mol. The Bertz CT molecular complexity index is 288. The number of benzene rings is 1. The van der Waals surface area contributed by atoms with Gasteiger partial charge in [0.1, 0.15) is 5.75 Å². The average Bonchev–Trinajstić information content (AvgIpc) is 2.09. The van der Waals surface area contributed by atoms with Crippen molar-refractivity contribution in [3.8, 4) is 5.75 Å². The molecule has 0 saturated heterocycles. The predicted octanol–water partition coefficient (Wildman–Crippen LogP) is 3.03. The monoisotopic (exact) mass is 163 g/mol. The van der Waals surface area contributed by atoms with Crippen molar-refractivity contribution in [2.75, 3.05) is 6.61 Å². The minimum atomic E-state index is 0.598. The maximum absolute atomic E-state index is 8.12. The Kier molecular flexibility index (Phi) is 2.99. The molecule has 0 N–H and O–H groups in total. The van der Waals surface area contributed by atoms with E-state index in [1.54, 1.807) is 24.3 Å². The first-order chi connectivity index (χ1) is 5.86. The summed E-state index contributed by atoms with van der Waals surface area (Å²) in [7, 11) is 0. The number of hydrogen-bond donors (Lipinski definition) is 0. The highest BCUT2D eigenvalue weighted by molar-refractivity contribution is 5.40. The van der Waals surface area contributed by atoms with Gasteiger partial charge in [0.25, 0.3) is 0 Å². The van der Waals surface area contributed by atoms with Crippen LogP contribution in [0.2, 0.25) is 0 Å². The molecule has 4 nitrogen and oxygen atoms in total. The maximum atomic E-state index is 8.12. The van der Waals surface area contributed by atoms with Gasteiger partial charge in [-0.25, -0.2) is 0 Å². The minimum absolute atomic E-state index is 0.598. The second-order valence-electron chi connectivity index (χ2n) is 2.12. The molecule has 0 radical (unpaired) electrons. The Labute approximate surface area is 70.4 Å². The first-order valence-corrected chi connectivity index (χ1v) is 3.64. The highest BCUT2D eigenvalue weighted by Gasteiger charge is 1.90. The molecule has 0 aromatic heterocycles. The molecule has 0 saturated carbocycles. The van der Waals surface area contributed by atoms with E-state index in [9.17, 15) is 0 Å². The number of hydrogen-bond acceptors (Lipinski definition) is 2. The van der Waals surface area contributed by atoms with Gasteiger partial charge in [0.15, 0.2) is 0 Å². The van der Waals surface area contributed by atoms with Crippen LogP contribution in [0.4, 0.5) is 5.69 Å². The van der Waals surface area contributed by atoms with Crippen molar-refractivity contribution in [3.05, 3.63) is 34.7 Å². The molecule has 12 heavy (non-hydrogen) atoms. The minimum Gasteiger partial charge on any atom is -0.494 e. The molecule has 0 bridgehead atoms. The Morgan fingerprint density at radius 1 is 1.42 bits per heavy atom. The van der Waals surface area contributed by atoms with Crippen LogP contribution in [0.5, 0.6) is 5.75 Å². The third-order valence-electron chi connectivity index (χ3n) is 1.31. The summed E-state index contributed by atoms with van der Waals surface area (Å²) in [5.74, 6) is 0.786. The highest BCUT2D eigenvalue weighted by atomic mass is 16.5. The van der Waals surface area contributed by atoms with Gasteiger partial charge in [-0.15, -0.1) is 0 Å². The third kappa shape index (κ3) is 2.18. The van der Waals surface area contributed by atoms with Crippen LogP contribution in [0, 0.1) is 0 Å². The molecule has 62 valence electrons. The molecule has 1 aromatic carbocycles. The maximum Gasteiger partial charge on any atom is 0.119 e. The van der Waals surface area contributed by atoms with E-state index in [4.69, 9.17) is 10.3 Å². The van der Waals surface area contributed by atoms with E-state index >= 15 is 0 Å². The smallest absolute Gasteiger partial charge is 0.119 e. The fourth-order valence-electron chi connectivity index (χ4n) is 0.827. The zero-order valence-corrected chi connectivity index (χ0v) is 6.77. The van der Waals surface area contributed by atoms with Gasteiger partial charge in [-0.05, 0) is 36.7 Å². The van der Waals surface area contributed by atoms with Gasteiger partial charge in [-0.1, -0.05) is 5.11 Å². The number of nitrogens with zero attached hydrogens (tertiary/aromatic N) is 3. The topological polar surface area (TPSA) is 58.0 Å². The van der Waals surface area contributed by atoms with Crippen LogP contribution in [0.25, 0.3) is 10.4 Å². The van der Waals surface area contributed by atoms with Gasteiger partial charge in [0.2, 0.25) is 0 Å². The Morgan fingerprint density at radius 3 is 2.58 bits per heavy atom. The molecular formula is C8H9N3O. The SMILES string of the molecule is CCOc1ccc(N=[N+]=[N-])cc1. The standard InChI is InChI=1S/C8H9N3O/c1-2-12-8-5-3-7(4-6-8)10-11-9/h3-6H,2H2,1H3. The highest BCUT2D eigenvalue weighted by Crippen LogP contribution is 2.17. The molecule has 1 rings (SSSR count). The van der Waals surface area contributed by atoms with E-state index in [1.807, 2.05) is 6.92 Å². The van der Waals surface area contributed by atoms with Gasteiger partial charge < -0.3 is 4.74 Å². The molecule has 0 amide bonds. The van der Waals surface area contributed by atoms with Crippen molar-refractivity contribution < 1.29 is 4.74 Å².